The number of aliphatic hydroxyl groups is 15. The van der Waals surface area contributed by atoms with E-state index in [-0.39, 0.29) is 37.7 Å². The standard InChI is InChI=1S/C61H96O30/c1-23-44(87-49-40(74)34(68)29(67)21-81-49)39(73)42(76)50(82-23)89-47-43(77)45(84-25(3)65)24(2)83-52(47)91-55(80)60-14-13-56(4,5)17-27(60)26-9-10-32-57(6)18-28(66)48(59(8,54(78)79)33(57)11-12-58(32,7)61(26,22-64)16-15-60)90-53-46(38(72)36(70)31(20-63)86-53)88-51-41(75)37(71)35(69)30(19-62)85-51/h9,23-24,27-53,62-64,66-77H,10-22H2,1-8H3,(H,78,79)/t23-,24+,27-,28-,29+,30+,31+,32+,33+,34-,35+,36+,37-,38-,39-,40+,41+,42+,43-,44-,45-,46+,47+,48-,49-,50-,51-,52-,53-,57+,58+,59-,60-,61-/m0/s1. The molecule has 0 unspecified atom stereocenters. The van der Waals surface area contributed by atoms with Gasteiger partial charge in [-0.2, -0.15) is 0 Å². The van der Waals surface area contributed by atoms with Crippen LogP contribution in [0.25, 0.3) is 0 Å². The molecular weight excluding hydrogens is 1210 g/mol. The minimum Gasteiger partial charge on any atom is -0.481 e. The normalized spacial score (nSPS) is 53.1. The number of carboxylic acids is 1. The second-order valence-electron chi connectivity index (χ2n) is 29.0. The number of ether oxygens (including phenoxy) is 11. The van der Waals surface area contributed by atoms with E-state index in [1.54, 1.807) is 0 Å². The summed E-state index contributed by atoms with van der Waals surface area (Å²) in [6.07, 6.45) is -39.3. The van der Waals surface area contributed by atoms with Gasteiger partial charge in [0, 0.05) is 12.3 Å². The van der Waals surface area contributed by atoms with Gasteiger partial charge in [0.1, 0.15) is 97.7 Å². The lowest BCUT2D eigenvalue weighted by Crippen LogP contribution is -2.71. The maximum Gasteiger partial charge on any atom is 0.315 e. The Kier molecular flexibility index (Phi) is 20.4. The fraction of sp³-hybridized carbons (Fsp3) is 0.918. The SMILES string of the molecule is CC(=O)O[C@@H]1[C@H](O)[C@@H](O[C@@H]2O[C@@H](C)[C@H](O[C@@H]3OC[C@@H](O)[C@H](O)[C@H]3O)[C@@H](O)[C@H]2O)[C@H](OC(=O)[C@]23CCC(C)(C)C[C@H]2C2=CC[C@@H]4[C@@]5(C)C[C@H](O)[C@H](O[C@@H]6O[C@H](CO)[C@@H](O)[C@H](O)[C@H]6O[C@@H]6O[C@H](CO)[C@@H](O)[C@H](O)[C@H]6O)[C@@](C)(C(=O)O)[C@@H]5CC[C@@]4(C)[C@]2(CO)CC3)O[C@@H]1C. The second-order valence-corrected chi connectivity index (χ2v) is 29.0. The molecule has 5 aliphatic heterocycles. The van der Waals surface area contributed by atoms with Crippen molar-refractivity contribution in [3.63, 3.8) is 0 Å². The van der Waals surface area contributed by atoms with Gasteiger partial charge < -0.3 is 134 Å². The molecular formula is C61H96O30. The monoisotopic (exact) mass is 1310 g/mol. The van der Waals surface area contributed by atoms with Crippen LogP contribution in [0.4, 0.5) is 0 Å². The average Bonchev–Trinajstić information content (AvgIpc) is 0.671. The highest BCUT2D eigenvalue weighted by Crippen LogP contribution is 2.76. The molecule has 0 spiro atoms. The molecule has 34 atom stereocenters. The first kappa shape index (κ1) is 71.0. The number of aliphatic carboxylic acids is 1. The summed E-state index contributed by atoms with van der Waals surface area (Å²) in [5.41, 5.74) is -5.69. The van der Waals surface area contributed by atoms with E-state index in [2.05, 4.69) is 20.8 Å². The van der Waals surface area contributed by atoms with Gasteiger partial charge in [-0.15, -0.1) is 0 Å². The third-order valence-corrected chi connectivity index (χ3v) is 23.4. The molecule has 0 radical (unpaired) electrons. The molecule has 16 N–H and O–H groups in total. The van der Waals surface area contributed by atoms with Crippen molar-refractivity contribution in [1.82, 2.24) is 0 Å². The number of carbonyl (C=O) groups is 3. The van der Waals surface area contributed by atoms with Gasteiger partial charge in [0.25, 0.3) is 0 Å². The van der Waals surface area contributed by atoms with Gasteiger partial charge in [-0.05, 0) is 113 Å². The summed E-state index contributed by atoms with van der Waals surface area (Å²) in [5, 5.41) is 177. The van der Waals surface area contributed by atoms with E-state index in [1.807, 2.05) is 13.0 Å². The molecule has 10 aliphatic rings. The van der Waals surface area contributed by atoms with E-state index >= 15 is 4.79 Å². The molecule has 5 heterocycles. The quantitative estimate of drug-likeness (QED) is 0.0423. The molecule has 30 heteroatoms. The van der Waals surface area contributed by atoms with Crippen LogP contribution in [0.3, 0.4) is 0 Å². The first-order chi connectivity index (χ1) is 42.6. The first-order valence-corrected chi connectivity index (χ1v) is 31.8. The van der Waals surface area contributed by atoms with Crippen molar-refractivity contribution < 1.29 is 148 Å². The van der Waals surface area contributed by atoms with Gasteiger partial charge in [-0.1, -0.05) is 39.3 Å². The lowest BCUT2D eigenvalue weighted by molar-refractivity contribution is -0.382. The smallest absolute Gasteiger partial charge is 0.315 e. The zero-order valence-corrected chi connectivity index (χ0v) is 52.4. The van der Waals surface area contributed by atoms with E-state index in [0.717, 1.165) is 12.5 Å². The predicted octanol–water partition coefficient (Wildman–Crippen LogP) is -3.94. The minimum atomic E-state index is -1.99. The maximum absolute atomic E-state index is 15.7. The van der Waals surface area contributed by atoms with Crippen LogP contribution < -0.4 is 0 Å². The number of fused-ring (bicyclic) bond motifs is 7. The lowest BCUT2D eigenvalue weighted by atomic mass is 9.33. The van der Waals surface area contributed by atoms with Crippen LogP contribution in [0.15, 0.2) is 11.6 Å². The third kappa shape index (κ3) is 11.8. The average molecular weight is 1310 g/mol. The van der Waals surface area contributed by atoms with Gasteiger partial charge in [-0.25, -0.2) is 0 Å². The highest BCUT2D eigenvalue weighted by Gasteiger charge is 2.74. The number of aliphatic hydroxyl groups excluding tert-OH is 15. The van der Waals surface area contributed by atoms with Gasteiger partial charge in [0.05, 0.1) is 55.6 Å². The summed E-state index contributed by atoms with van der Waals surface area (Å²) >= 11 is 0. The Labute approximate surface area is 525 Å². The van der Waals surface area contributed by atoms with E-state index in [9.17, 15) is 91.3 Å². The zero-order chi connectivity index (χ0) is 66.7. The Hall–Kier alpha value is -2.81. The van der Waals surface area contributed by atoms with Crippen molar-refractivity contribution in [2.24, 2.45) is 50.2 Å². The van der Waals surface area contributed by atoms with Crippen LogP contribution in [0.2, 0.25) is 0 Å². The van der Waals surface area contributed by atoms with Crippen molar-refractivity contribution in [2.45, 2.75) is 273 Å². The molecule has 10 rings (SSSR count). The number of allylic oxidation sites excluding steroid dienone is 1. The van der Waals surface area contributed by atoms with Crippen LogP contribution in [-0.2, 0) is 66.5 Å². The van der Waals surface area contributed by atoms with Gasteiger partial charge >= 0.3 is 17.9 Å². The van der Waals surface area contributed by atoms with Crippen molar-refractivity contribution in [3.8, 4) is 0 Å². The maximum atomic E-state index is 15.7. The summed E-state index contributed by atoms with van der Waals surface area (Å²) in [4.78, 5) is 42.3. The van der Waals surface area contributed by atoms with Crippen molar-refractivity contribution in [1.29, 1.82) is 0 Å². The Morgan fingerprint density at radius 1 is 0.549 bits per heavy atom. The number of hydrogen-bond acceptors (Lipinski definition) is 29. The van der Waals surface area contributed by atoms with Gasteiger partial charge in [-0.3, -0.25) is 14.4 Å². The first-order valence-electron chi connectivity index (χ1n) is 31.8. The van der Waals surface area contributed by atoms with Crippen LogP contribution >= 0.6 is 0 Å². The molecule has 4 saturated carbocycles. The molecule has 91 heavy (non-hydrogen) atoms. The summed E-state index contributed by atoms with van der Waals surface area (Å²) in [7, 11) is 0. The van der Waals surface area contributed by atoms with E-state index in [0.29, 0.717) is 32.1 Å². The molecule has 30 nitrogen and oxygen atoms in total. The molecule has 520 valence electrons. The van der Waals surface area contributed by atoms with E-state index in [1.165, 1.54) is 20.8 Å². The molecule has 0 amide bonds. The van der Waals surface area contributed by atoms with E-state index < -0.39 is 242 Å². The van der Waals surface area contributed by atoms with Crippen molar-refractivity contribution >= 4 is 17.9 Å². The van der Waals surface area contributed by atoms with Gasteiger partial charge in [0.2, 0.25) is 6.29 Å². The number of carbonyl (C=O) groups excluding carboxylic acids is 2. The van der Waals surface area contributed by atoms with Crippen LogP contribution in [0, 0.1) is 50.2 Å². The minimum absolute atomic E-state index is 0.0683. The number of carboxylic acid groups (broad SMARTS) is 1. The molecule has 5 aliphatic carbocycles. The van der Waals surface area contributed by atoms with Crippen LogP contribution in [0.5, 0.6) is 0 Å². The highest BCUT2D eigenvalue weighted by atomic mass is 16.8. The molecule has 9 fully saturated rings. The molecule has 5 saturated heterocycles. The Morgan fingerprint density at radius 3 is 1.73 bits per heavy atom. The van der Waals surface area contributed by atoms with E-state index in [4.69, 9.17) is 52.1 Å². The molecule has 0 aromatic carbocycles. The Morgan fingerprint density at radius 2 is 1.10 bits per heavy atom. The number of esters is 2. The predicted molar refractivity (Wildman–Crippen MR) is 301 cm³/mol. The lowest BCUT2D eigenvalue weighted by Gasteiger charge is -2.71. The Balaban J connectivity index is 0.923. The van der Waals surface area contributed by atoms with Crippen molar-refractivity contribution in [2.75, 3.05) is 26.4 Å². The third-order valence-electron chi connectivity index (χ3n) is 23.4. The van der Waals surface area contributed by atoms with Crippen molar-refractivity contribution in [3.05, 3.63) is 11.6 Å². The highest BCUT2D eigenvalue weighted by molar-refractivity contribution is 5.79. The second kappa shape index (κ2) is 26.2. The largest absolute Gasteiger partial charge is 0.481 e. The zero-order valence-electron chi connectivity index (χ0n) is 52.4. The molecule has 0 bridgehead atoms. The fourth-order valence-electron chi connectivity index (χ4n) is 18.2. The number of rotatable bonds is 15. The summed E-state index contributed by atoms with van der Waals surface area (Å²) in [5.74, 6) is -4.68. The fourth-order valence-corrected chi connectivity index (χ4v) is 18.2. The summed E-state index contributed by atoms with van der Waals surface area (Å²) in [6, 6.07) is 0. The summed E-state index contributed by atoms with van der Waals surface area (Å²) in [6.45, 7) is 11.1. The van der Waals surface area contributed by atoms with Crippen LogP contribution in [-0.4, -0.2) is 286 Å². The number of hydrogen-bond donors (Lipinski definition) is 16. The van der Waals surface area contributed by atoms with Crippen LogP contribution in [0.1, 0.15) is 113 Å². The molecule has 0 aromatic heterocycles. The summed E-state index contributed by atoms with van der Waals surface area (Å²) < 4.78 is 65.4. The Bertz CT molecular complexity index is 2630. The topological polar surface area (TPSA) is 476 Å². The molecule has 0 aromatic rings. The van der Waals surface area contributed by atoms with Gasteiger partial charge in [0.15, 0.2) is 37.4 Å².